The number of benzene rings is 1. The van der Waals surface area contributed by atoms with Crippen molar-refractivity contribution >= 4 is 11.6 Å². The Morgan fingerprint density at radius 1 is 1.32 bits per heavy atom. The minimum atomic E-state index is 0.441. The van der Waals surface area contributed by atoms with Crippen molar-refractivity contribution in [2.24, 2.45) is 0 Å². The molecule has 0 aliphatic carbocycles. The van der Waals surface area contributed by atoms with E-state index < -0.39 is 0 Å². The van der Waals surface area contributed by atoms with Crippen LogP contribution in [0.5, 0.6) is 0 Å². The Bertz CT molecular complexity index is 377. The van der Waals surface area contributed by atoms with Gasteiger partial charge in [0.25, 0.3) is 0 Å². The fraction of sp³-hybridized carbons (Fsp3) is 0.625. The Balaban J connectivity index is 1.90. The van der Waals surface area contributed by atoms with Crippen LogP contribution in [0.25, 0.3) is 0 Å². The molecule has 2 nitrogen and oxygen atoms in total. The van der Waals surface area contributed by atoms with Gasteiger partial charge in [-0.2, -0.15) is 0 Å². The number of hydrogen-bond acceptors (Lipinski definition) is 2. The molecule has 106 valence electrons. The molecular weight excluding hydrogens is 256 g/mol. The summed E-state index contributed by atoms with van der Waals surface area (Å²) in [6.45, 7) is 8.02. The standard InChI is InChI=1S/C16H25ClN2/c1-3-16(13-7-9-14(17)10-8-13)18-12-15-6-5-11-19(15)4-2/h7-10,15-16,18H,3-6,11-12H2,1-2H3. The van der Waals surface area contributed by atoms with E-state index in [1.807, 2.05) is 12.1 Å². The molecule has 1 aromatic carbocycles. The van der Waals surface area contributed by atoms with E-state index in [-0.39, 0.29) is 0 Å². The van der Waals surface area contributed by atoms with Crippen molar-refractivity contribution in [3.05, 3.63) is 34.9 Å². The molecule has 1 aliphatic heterocycles. The lowest BCUT2D eigenvalue weighted by Crippen LogP contribution is -2.39. The van der Waals surface area contributed by atoms with Gasteiger partial charge in [-0.15, -0.1) is 0 Å². The third kappa shape index (κ3) is 3.95. The highest BCUT2D eigenvalue weighted by Crippen LogP contribution is 2.21. The van der Waals surface area contributed by atoms with Gasteiger partial charge in [-0.3, -0.25) is 4.90 Å². The van der Waals surface area contributed by atoms with E-state index >= 15 is 0 Å². The molecule has 1 N–H and O–H groups in total. The maximum Gasteiger partial charge on any atom is 0.0406 e. The van der Waals surface area contributed by atoms with Crippen molar-refractivity contribution < 1.29 is 0 Å². The maximum absolute atomic E-state index is 5.95. The highest BCUT2D eigenvalue weighted by Gasteiger charge is 2.23. The van der Waals surface area contributed by atoms with Gasteiger partial charge in [0.2, 0.25) is 0 Å². The fourth-order valence-electron chi connectivity index (χ4n) is 3.01. The van der Waals surface area contributed by atoms with Crippen molar-refractivity contribution in [1.29, 1.82) is 0 Å². The Morgan fingerprint density at radius 2 is 2.05 bits per heavy atom. The molecule has 2 rings (SSSR count). The first kappa shape index (κ1) is 14.8. The molecule has 3 heteroatoms. The summed E-state index contributed by atoms with van der Waals surface area (Å²) in [6.07, 6.45) is 3.79. The molecule has 1 aliphatic rings. The Morgan fingerprint density at radius 3 is 2.68 bits per heavy atom. The fourth-order valence-corrected chi connectivity index (χ4v) is 3.14. The van der Waals surface area contributed by atoms with Crippen LogP contribution in [0.4, 0.5) is 0 Å². The van der Waals surface area contributed by atoms with Crippen LogP contribution >= 0.6 is 11.6 Å². The third-order valence-electron chi connectivity index (χ3n) is 4.19. The summed E-state index contributed by atoms with van der Waals surface area (Å²) in [5, 5.41) is 4.54. The number of hydrogen-bond donors (Lipinski definition) is 1. The van der Waals surface area contributed by atoms with Crippen LogP contribution < -0.4 is 5.32 Å². The van der Waals surface area contributed by atoms with Gasteiger partial charge in [0.15, 0.2) is 0 Å². The van der Waals surface area contributed by atoms with Crippen LogP contribution in [0.2, 0.25) is 5.02 Å². The van der Waals surface area contributed by atoms with Crippen molar-refractivity contribution in [1.82, 2.24) is 10.2 Å². The largest absolute Gasteiger partial charge is 0.308 e. The average Bonchev–Trinajstić information content (AvgIpc) is 2.89. The van der Waals surface area contributed by atoms with Gasteiger partial charge in [-0.1, -0.05) is 37.6 Å². The first-order chi connectivity index (χ1) is 9.24. The second-order valence-corrected chi connectivity index (χ2v) is 5.78. The van der Waals surface area contributed by atoms with Crippen LogP contribution in [-0.4, -0.2) is 30.6 Å². The van der Waals surface area contributed by atoms with E-state index in [0.29, 0.717) is 12.1 Å². The molecule has 1 aromatic rings. The third-order valence-corrected chi connectivity index (χ3v) is 4.44. The number of rotatable bonds is 6. The predicted octanol–water partition coefficient (Wildman–Crippen LogP) is 3.87. The van der Waals surface area contributed by atoms with E-state index in [0.717, 1.165) is 18.0 Å². The lowest BCUT2D eigenvalue weighted by Gasteiger charge is -2.26. The van der Waals surface area contributed by atoms with Gasteiger partial charge in [-0.05, 0) is 50.0 Å². The summed E-state index contributed by atoms with van der Waals surface area (Å²) in [6, 6.07) is 9.39. The van der Waals surface area contributed by atoms with Crippen LogP contribution in [0.3, 0.4) is 0 Å². The second-order valence-electron chi connectivity index (χ2n) is 5.35. The normalized spacial score (nSPS) is 21.7. The Labute approximate surface area is 122 Å². The number of likely N-dealkylation sites (tertiary alicyclic amines) is 1. The summed E-state index contributed by atoms with van der Waals surface area (Å²) in [7, 11) is 0. The molecule has 1 heterocycles. The average molecular weight is 281 g/mol. The van der Waals surface area contributed by atoms with Crippen LogP contribution in [0.1, 0.15) is 44.7 Å². The molecule has 2 unspecified atom stereocenters. The zero-order valence-corrected chi connectivity index (χ0v) is 12.8. The predicted molar refractivity (Wildman–Crippen MR) is 82.8 cm³/mol. The first-order valence-corrected chi connectivity index (χ1v) is 7.85. The quantitative estimate of drug-likeness (QED) is 0.851. The van der Waals surface area contributed by atoms with E-state index in [9.17, 15) is 0 Å². The lowest BCUT2D eigenvalue weighted by atomic mass is 10.0. The summed E-state index contributed by atoms with van der Waals surface area (Å²) in [5.41, 5.74) is 1.34. The van der Waals surface area contributed by atoms with Crippen molar-refractivity contribution in [2.75, 3.05) is 19.6 Å². The van der Waals surface area contributed by atoms with Gasteiger partial charge in [0, 0.05) is 23.7 Å². The molecule has 0 amide bonds. The number of nitrogens with one attached hydrogen (secondary N) is 1. The molecule has 0 radical (unpaired) electrons. The lowest BCUT2D eigenvalue weighted by molar-refractivity contribution is 0.253. The van der Waals surface area contributed by atoms with Gasteiger partial charge < -0.3 is 5.32 Å². The summed E-state index contributed by atoms with van der Waals surface area (Å²) < 4.78 is 0. The Hall–Kier alpha value is -0.570. The van der Waals surface area contributed by atoms with Crippen molar-refractivity contribution in [3.63, 3.8) is 0 Å². The molecular formula is C16H25ClN2. The summed E-state index contributed by atoms with van der Waals surface area (Å²) in [5.74, 6) is 0. The molecule has 2 atom stereocenters. The van der Waals surface area contributed by atoms with E-state index in [1.54, 1.807) is 0 Å². The van der Waals surface area contributed by atoms with Crippen molar-refractivity contribution in [3.8, 4) is 0 Å². The Kier molecular flexibility index (Phi) is 5.68. The first-order valence-electron chi connectivity index (χ1n) is 7.47. The molecule has 1 saturated heterocycles. The van der Waals surface area contributed by atoms with E-state index in [1.165, 1.54) is 31.5 Å². The minimum absolute atomic E-state index is 0.441. The SMILES string of the molecule is CCC(NCC1CCCN1CC)c1ccc(Cl)cc1. The molecule has 0 saturated carbocycles. The van der Waals surface area contributed by atoms with Crippen LogP contribution in [0.15, 0.2) is 24.3 Å². The molecule has 19 heavy (non-hydrogen) atoms. The van der Waals surface area contributed by atoms with Crippen LogP contribution in [0, 0.1) is 0 Å². The summed E-state index contributed by atoms with van der Waals surface area (Å²) >= 11 is 5.95. The van der Waals surface area contributed by atoms with Gasteiger partial charge >= 0.3 is 0 Å². The number of likely N-dealkylation sites (N-methyl/N-ethyl adjacent to an activating group) is 1. The topological polar surface area (TPSA) is 15.3 Å². The smallest absolute Gasteiger partial charge is 0.0406 e. The molecule has 0 aromatic heterocycles. The minimum Gasteiger partial charge on any atom is -0.308 e. The molecule has 0 bridgehead atoms. The summed E-state index contributed by atoms with van der Waals surface area (Å²) in [4.78, 5) is 2.58. The van der Waals surface area contributed by atoms with Gasteiger partial charge in [0.05, 0.1) is 0 Å². The number of halogens is 1. The zero-order chi connectivity index (χ0) is 13.7. The molecule has 1 fully saturated rings. The van der Waals surface area contributed by atoms with Crippen LogP contribution in [-0.2, 0) is 0 Å². The number of nitrogens with zero attached hydrogens (tertiary/aromatic N) is 1. The molecule has 0 spiro atoms. The van der Waals surface area contributed by atoms with Gasteiger partial charge in [-0.25, -0.2) is 0 Å². The highest BCUT2D eigenvalue weighted by atomic mass is 35.5. The van der Waals surface area contributed by atoms with E-state index in [4.69, 9.17) is 11.6 Å². The maximum atomic E-state index is 5.95. The second kappa shape index (κ2) is 7.28. The monoisotopic (exact) mass is 280 g/mol. The van der Waals surface area contributed by atoms with Crippen molar-refractivity contribution in [2.45, 2.75) is 45.2 Å². The highest BCUT2D eigenvalue weighted by molar-refractivity contribution is 6.30. The van der Waals surface area contributed by atoms with E-state index in [2.05, 4.69) is 36.2 Å². The van der Waals surface area contributed by atoms with Gasteiger partial charge in [0.1, 0.15) is 0 Å². The zero-order valence-electron chi connectivity index (χ0n) is 12.0.